The minimum atomic E-state index is 1.07. The lowest BCUT2D eigenvalue weighted by atomic mass is 9.88. The lowest BCUT2D eigenvalue weighted by Gasteiger charge is -2.29. The van der Waals surface area contributed by atoms with Crippen molar-refractivity contribution in [2.75, 3.05) is 4.90 Å². The lowest BCUT2D eigenvalue weighted by molar-refractivity contribution is 1.18. The molecular weight excluding hydrogens is 835 g/mol. The summed E-state index contributed by atoms with van der Waals surface area (Å²) in [5.41, 5.74) is 19.7. The number of rotatable bonds is 9. The van der Waals surface area contributed by atoms with E-state index in [1.54, 1.807) is 0 Å². The van der Waals surface area contributed by atoms with E-state index < -0.39 is 0 Å². The third kappa shape index (κ3) is 6.91. The highest BCUT2D eigenvalue weighted by Crippen LogP contribution is 2.47. The van der Waals surface area contributed by atoms with Gasteiger partial charge in [0.1, 0.15) is 0 Å². The maximum absolute atomic E-state index is 2.45. The van der Waals surface area contributed by atoms with Crippen molar-refractivity contribution in [3.05, 3.63) is 273 Å². The van der Waals surface area contributed by atoms with Crippen molar-refractivity contribution in [1.82, 2.24) is 9.13 Å². The van der Waals surface area contributed by atoms with Crippen molar-refractivity contribution in [3.63, 3.8) is 0 Å². The third-order valence-corrected chi connectivity index (χ3v) is 13.7. The Kier molecular flexibility index (Phi) is 9.84. The number of hydrogen-bond acceptors (Lipinski definition) is 1. The maximum Gasteiger partial charge on any atom is 0.0561 e. The lowest BCUT2D eigenvalue weighted by Crippen LogP contribution is -2.11. The van der Waals surface area contributed by atoms with Gasteiger partial charge < -0.3 is 14.0 Å². The van der Waals surface area contributed by atoms with Crippen LogP contribution in [0.2, 0.25) is 0 Å². The van der Waals surface area contributed by atoms with E-state index in [1.807, 2.05) is 0 Å². The second kappa shape index (κ2) is 16.9. The molecule has 13 rings (SSSR count). The zero-order chi connectivity index (χ0) is 45.7. The predicted molar refractivity (Wildman–Crippen MR) is 292 cm³/mol. The molecule has 324 valence electrons. The van der Waals surface area contributed by atoms with Crippen LogP contribution in [-0.2, 0) is 0 Å². The first kappa shape index (κ1) is 40.1. The molecule has 0 saturated carbocycles. The molecule has 0 unspecified atom stereocenters. The van der Waals surface area contributed by atoms with Gasteiger partial charge >= 0.3 is 0 Å². The molecule has 11 aromatic carbocycles. The Bertz CT molecular complexity index is 4000. The summed E-state index contributed by atoms with van der Waals surface area (Å²) in [7, 11) is 0. The van der Waals surface area contributed by atoms with Crippen LogP contribution in [0.25, 0.3) is 99.5 Å². The van der Waals surface area contributed by atoms with Gasteiger partial charge in [0.05, 0.1) is 27.8 Å². The highest BCUT2D eigenvalue weighted by Gasteiger charge is 2.22. The molecular formula is C66H45N3. The molecule has 3 nitrogen and oxygen atoms in total. The molecule has 0 spiro atoms. The number of anilines is 3. The largest absolute Gasteiger partial charge is 0.310 e. The van der Waals surface area contributed by atoms with Crippen LogP contribution >= 0.6 is 0 Å². The van der Waals surface area contributed by atoms with Crippen molar-refractivity contribution in [2.24, 2.45) is 0 Å². The fourth-order valence-electron chi connectivity index (χ4n) is 10.6. The zero-order valence-corrected chi connectivity index (χ0v) is 37.8. The first-order valence-electron chi connectivity index (χ1n) is 23.7. The average Bonchev–Trinajstić information content (AvgIpc) is 3.94. The normalized spacial score (nSPS) is 11.5. The van der Waals surface area contributed by atoms with Gasteiger partial charge in [-0.2, -0.15) is 0 Å². The van der Waals surface area contributed by atoms with Crippen LogP contribution in [0, 0.1) is 0 Å². The van der Waals surface area contributed by atoms with Crippen LogP contribution in [-0.4, -0.2) is 9.13 Å². The summed E-state index contributed by atoms with van der Waals surface area (Å²) in [6.07, 6.45) is 0. The molecule has 0 aliphatic rings. The summed E-state index contributed by atoms with van der Waals surface area (Å²) in [5.74, 6) is 0. The van der Waals surface area contributed by atoms with Crippen molar-refractivity contribution in [2.45, 2.75) is 0 Å². The average molecular weight is 880 g/mol. The fourth-order valence-corrected chi connectivity index (χ4v) is 10.6. The Labute approximate surface area is 401 Å². The third-order valence-electron chi connectivity index (χ3n) is 13.7. The van der Waals surface area contributed by atoms with Gasteiger partial charge in [0.15, 0.2) is 0 Å². The molecule has 13 aromatic rings. The smallest absolute Gasteiger partial charge is 0.0561 e. The van der Waals surface area contributed by atoms with E-state index in [2.05, 4.69) is 287 Å². The molecule has 0 N–H and O–H groups in total. The number of benzene rings is 11. The van der Waals surface area contributed by atoms with Crippen LogP contribution in [0.3, 0.4) is 0 Å². The monoisotopic (exact) mass is 879 g/mol. The van der Waals surface area contributed by atoms with Crippen LogP contribution in [0.4, 0.5) is 17.1 Å². The molecule has 2 heterocycles. The Balaban J connectivity index is 0.997. The highest BCUT2D eigenvalue weighted by molar-refractivity contribution is 6.12. The highest BCUT2D eigenvalue weighted by atomic mass is 15.1. The number of aromatic nitrogens is 2. The summed E-state index contributed by atoms with van der Waals surface area (Å²) in [6, 6.07) is 99.2. The van der Waals surface area contributed by atoms with Gasteiger partial charge in [0.2, 0.25) is 0 Å². The van der Waals surface area contributed by atoms with E-state index in [4.69, 9.17) is 0 Å². The molecule has 0 fully saturated rings. The number of para-hydroxylation sites is 5. The number of hydrogen-bond donors (Lipinski definition) is 0. The van der Waals surface area contributed by atoms with Gasteiger partial charge in [-0.15, -0.1) is 0 Å². The summed E-state index contributed by atoms with van der Waals surface area (Å²) in [6.45, 7) is 0. The standard InChI is InChI=1S/C66H45N3/c1-4-20-47(21-5-1)53-26-10-11-27-54(53)55-28-12-13-29-56(55)57-30-14-17-33-62(57)67(52-41-42-60-58-31-15-18-34-63(58)69(66(60)45-52)50-24-8-3-9-25-50)51-39-36-46(37-40-51)48-38-43-65-61(44-48)59-32-16-19-35-64(59)68(65)49-22-6-2-7-23-49/h1-45H. The van der Waals surface area contributed by atoms with E-state index in [0.717, 1.165) is 45.1 Å². The zero-order valence-electron chi connectivity index (χ0n) is 37.8. The van der Waals surface area contributed by atoms with Gasteiger partial charge in [0.25, 0.3) is 0 Å². The molecule has 0 atom stereocenters. The minimum absolute atomic E-state index is 1.07. The van der Waals surface area contributed by atoms with E-state index >= 15 is 0 Å². The van der Waals surface area contributed by atoms with E-state index in [-0.39, 0.29) is 0 Å². The second-order valence-electron chi connectivity index (χ2n) is 17.7. The SMILES string of the molecule is c1ccc(-c2ccccc2-c2ccccc2-c2ccccc2N(c2ccc(-c3ccc4c(c3)c3ccccc3n4-c3ccccc3)cc2)c2ccc3c4ccccc4n(-c4ccccc4)c3c2)cc1. The van der Waals surface area contributed by atoms with Crippen LogP contribution < -0.4 is 4.90 Å². The van der Waals surface area contributed by atoms with Gasteiger partial charge in [-0.3, -0.25) is 0 Å². The summed E-state index contributed by atoms with van der Waals surface area (Å²) in [5, 5.41) is 4.93. The molecule has 0 aliphatic heterocycles. The quantitative estimate of drug-likeness (QED) is 0.141. The topological polar surface area (TPSA) is 13.1 Å². The van der Waals surface area contributed by atoms with Crippen molar-refractivity contribution in [1.29, 1.82) is 0 Å². The van der Waals surface area contributed by atoms with Crippen LogP contribution in [0.5, 0.6) is 0 Å². The van der Waals surface area contributed by atoms with Gasteiger partial charge in [-0.05, 0) is 118 Å². The van der Waals surface area contributed by atoms with Crippen LogP contribution in [0.15, 0.2) is 273 Å². The number of nitrogens with zero attached hydrogens (tertiary/aromatic N) is 3. The molecule has 0 saturated heterocycles. The minimum Gasteiger partial charge on any atom is -0.310 e. The maximum atomic E-state index is 2.45. The predicted octanol–water partition coefficient (Wildman–Crippen LogP) is 18.0. The van der Waals surface area contributed by atoms with Gasteiger partial charge in [-0.1, -0.05) is 194 Å². The Morgan fingerprint density at radius 2 is 0.667 bits per heavy atom. The van der Waals surface area contributed by atoms with E-state index in [1.165, 1.54) is 71.5 Å². The van der Waals surface area contributed by atoms with Crippen molar-refractivity contribution >= 4 is 60.7 Å². The number of fused-ring (bicyclic) bond motifs is 6. The summed E-state index contributed by atoms with van der Waals surface area (Å²) >= 11 is 0. The summed E-state index contributed by atoms with van der Waals surface area (Å²) < 4.78 is 4.78. The molecule has 0 radical (unpaired) electrons. The molecule has 0 bridgehead atoms. The molecule has 0 amide bonds. The second-order valence-corrected chi connectivity index (χ2v) is 17.7. The van der Waals surface area contributed by atoms with E-state index in [9.17, 15) is 0 Å². The Morgan fingerprint density at radius 1 is 0.232 bits per heavy atom. The molecule has 69 heavy (non-hydrogen) atoms. The fraction of sp³-hybridized carbons (Fsp3) is 0. The molecule has 0 aliphatic carbocycles. The molecule has 2 aromatic heterocycles. The molecule has 3 heteroatoms. The van der Waals surface area contributed by atoms with Crippen molar-refractivity contribution in [3.8, 4) is 55.9 Å². The van der Waals surface area contributed by atoms with Crippen molar-refractivity contribution < 1.29 is 0 Å². The van der Waals surface area contributed by atoms with Crippen LogP contribution in [0.1, 0.15) is 0 Å². The Morgan fingerprint density at radius 3 is 1.32 bits per heavy atom. The first-order valence-corrected chi connectivity index (χ1v) is 23.7. The van der Waals surface area contributed by atoms with Gasteiger partial charge in [-0.25, -0.2) is 0 Å². The Hall–Kier alpha value is -9.18. The summed E-state index contributed by atoms with van der Waals surface area (Å²) in [4.78, 5) is 2.45. The first-order chi connectivity index (χ1) is 34.3. The van der Waals surface area contributed by atoms with E-state index in [0.29, 0.717) is 0 Å². The van der Waals surface area contributed by atoms with Gasteiger partial charge in [0, 0.05) is 49.9 Å².